The van der Waals surface area contributed by atoms with Crippen LogP contribution in [-0.2, 0) is 37.3 Å². The maximum Gasteiger partial charge on any atom is 2.00 e. The SMILES string of the molecule is CC(C)(C)c1ccnc(-n2c3[c-]c4c(cc3c3ccccc32)n2c3ccccc3nc2n4-c2[c-]c3c(cc2)c2cccc4c2n2c(cnc32)C(C)(C)C4(C)C)c1.[Pt+2]. The molecule has 1 aliphatic rings. The zero-order chi connectivity index (χ0) is 38.0. The fraction of sp³-hybridized carbons (Fsp3) is 0.204. The molecule has 0 amide bonds. The number of hydrogen-bond donors (Lipinski definition) is 0. The van der Waals surface area contributed by atoms with Crippen LogP contribution in [0.1, 0.15) is 65.3 Å². The predicted octanol–water partition coefficient (Wildman–Crippen LogP) is 11.3. The minimum atomic E-state index is -0.141. The van der Waals surface area contributed by atoms with E-state index in [0.29, 0.717) is 0 Å². The standard InChI is InChI=1S/C49H39N7.Pt/c1-47(2,3)28-21-22-50-43(23-28)54-37-17-10-8-13-31(37)33-25-40-41(26-39(33)54)53(46-52-36-16-9-11-18-38(36)55(40)46)29-19-20-30-32-14-12-15-35-44(32)56-42(49(6,7)48(35,4)5)27-51-45(56)34(30)24-29;/h8-23,25,27H,1-7H3;/q-2;+2. The molecule has 0 unspecified atom stereocenters. The molecule has 0 atom stereocenters. The van der Waals surface area contributed by atoms with Gasteiger partial charge in [-0.1, -0.05) is 119 Å². The van der Waals surface area contributed by atoms with E-state index in [0.717, 1.165) is 77.6 Å². The number of imidazole rings is 3. The van der Waals surface area contributed by atoms with E-state index in [1.807, 2.05) is 6.20 Å². The summed E-state index contributed by atoms with van der Waals surface area (Å²) in [5.74, 6) is 1.69. The Labute approximate surface area is 343 Å². The monoisotopic (exact) mass is 920 g/mol. The smallest absolute Gasteiger partial charge is 0.337 e. The maximum absolute atomic E-state index is 5.28. The van der Waals surface area contributed by atoms with Gasteiger partial charge in [0.2, 0.25) is 5.78 Å². The average molecular weight is 921 g/mol. The molecule has 280 valence electrons. The van der Waals surface area contributed by atoms with Gasteiger partial charge in [0.15, 0.2) is 0 Å². The predicted molar refractivity (Wildman–Crippen MR) is 228 cm³/mol. The van der Waals surface area contributed by atoms with Crippen molar-refractivity contribution in [1.29, 1.82) is 0 Å². The third-order valence-electron chi connectivity index (χ3n) is 13.3. The third-order valence-corrected chi connectivity index (χ3v) is 13.3. The molecule has 7 heterocycles. The molecule has 0 saturated heterocycles. The molecule has 8 heteroatoms. The Morgan fingerprint density at radius 3 is 2.23 bits per heavy atom. The van der Waals surface area contributed by atoms with Crippen molar-refractivity contribution in [2.24, 2.45) is 0 Å². The molecule has 7 nitrogen and oxygen atoms in total. The Balaban J connectivity index is 0.00000374. The molecule has 1 aliphatic heterocycles. The Kier molecular flexibility index (Phi) is 6.77. The van der Waals surface area contributed by atoms with Crippen LogP contribution < -0.4 is 0 Å². The number of benzene rings is 5. The number of rotatable bonds is 2. The van der Waals surface area contributed by atoms with Crippen LogP contribution >= 0.6 is 0 Å². The summed E-state index contributed by atoms with van der Waals surface area (Å²) < 4.78 is 9.18. The Bertz CT molecular complexity index is 3530. The number of para-hydroxylation sites is 4. The van der Waals surface area contributed by atoms with Gasteiger partial charge in [-0.2, -0.15) is 0 Å². The summed E-state index contributed by atoms with van der Waals surface area (Å²) in [6, 6.07) is 42.7. The van der Waals surface area contributed by atoms with E-state index in [4.69, 9.17) is 15.0 Å². The van der Waals surface area contributed by atoms with Crippen LogP contribution in [0.25, 0.3) is 88.5 Å². The number of aromatic nitrogens is 7. The average Bonchev–Trinajstić information content (AvgIpc) is 3.95. The molecule has 0 saturated carbocycles. The minimum absolute atomic E-state index is 0. The van der Waals surface area contributed by atoms with Gasteiger partial charge in [0.05, 0.1) is 16.7 Å². The molecule has 57 heavy (non-hydrogen) atoms. The second-order valence-electron chi connectivity index (χ2n) is 17.7. The summed E-state index contributed by atoms with van der Waals surface area (Å²) >= 11 is 0. The van der Waals surface area contributed by atoms with Crippen LogP contribution in [0.5, 0.6) is 0 Å². The quantitative estimate of drug-likeness (QED) is 0.128. The largest absolute Gasteiger partial charge is 2.00 e. The fourth-order valence-corrected chi connectivity index (χ4v) is 9.60. The number of pyridine rings is 2. The molecule has 0 fully saturated rings. The van der Waals surface area contributed by atoms with E-state index >= 15 is 0 Å². The molecule has 6 aromatic heterocycles. The number of fused-ring (bicyclic) bond motifs is 11. The van der Waals surface area contributed by atoms with Crippen molar-refractivity contribution < 1.29 is 21.1 Å². The van der Waals surface area contributed by atoms with Gasteiger partial charge >= 0.3 is 21.1 Å². The topological polar surface area (TPSA) is 57.4 Å². The first kappa shape index (κ1) is 34.5. The summed E-state index contributed by atoms with van der Waals surface area (Å²) in [5.41, 5.74) is 12.6. The molecule has 0 N–H and O–H groups in total. The van der Waals surface area contributed by atoms with Crippen molar-refractivity contribution in [2.75, 3.05) is 0 Å². The van der Waals surface area contributed by atoms with E-state index < -0.39 is 0 Å². The second kappa shape index (κ2) is 11.2. The molecule has 0 radical (unpaired) electrons. The van der Waals surface area contributed by atoms with Crippen LogP contribution in [0.15, 0.2) is 109 Å². The van der Waals surface area contributed by atoms with Gasteiger partial charge in [0.25, 0.3) is 0 Å². The summed E-state index contributed by atoms with van der Waals surface area (Å²) in [6.45, 7) is 16.2. The van der Waals surface area contributed by atoms with Crippen molar-refractivity contribution in [2.45, 2.75) is 64.7 Å². The molecule has 11 aromatic rings. The molecule has 0 spiro atoms. The summed E-state index contributed by atoms with van der Waals surface area (Å²) in [7, 11) is 0. The van der Waals surface area contributed by atoms with E-state index in [1.165, 1.54) is 27.7 Å². The van der Waals surface area contributed by atoms with Crippen molar-refractivity contribution in [1.82, 2.24) is 32.9 Å². The Hall–Kier alpha value is -5.78. The van der Waals surface area contributed by atoms with Gasteiger partial charge < -0.3 is 17.9 Å². The van der Waals surface area contributed by atoms with E-state index in [9.17, 15) is 0 Å². The molecule has 5 aromatic carbocycles. The van der Waals surface area contributed by atoms with Gasteiger partial charge in [-0.15, -0.1) is 30.3 Å². The first-order valence-electron chi connectivity index (χ1n) is 19.5. The summed E-state index contributed by atoms with van der Waals surface area (Å²) in [5, 5.41) is 5.62. The van der Waals surface area contributed by atoms with Crippen LogP contribution in [0, 0.1) is 12.1 Å². The van der Waals surface area contributed by atoms with Crippen LogP contribution in [0.3, 0.4) is 0 Å². The number of nitrogens with zero attached hydrogens (tertiary/aromatic N) is 7. The van der Waals surface area contributed by atoms with Crippen molar-refractivity contribution in [3.8, 4) is 11.5 Å². The summed E-state index contributed by atoms with van der Waals surface area (Å²) in [4.78, 5) is 15.4. The summed E-state index contributed by atoms with van der Waals surface area (Å²) in [6.07, 6.45) is 4.01. The van der Waals surface area contributed by atoms with Gasteiger partial charge in [0, 0.05) is 40.0 Å². The normalized spacial score (nSPS) is 15.1. The first-order valence-corrected chi connectivity index (χ1v) is 19.5. The van der Waals surface area contributed by atoms with Crippen LogP contribution in [0.2, 0.25) is 0 Å². The molecule has 12 rings (SSSR count). The van der Waals surface area contributed by atoms with Gasteiger partial charge in [-0.05, 0) is 74.4 Å². The van der Waals surface area contributed by atoms with Crippen LogP contribution in [0.4, 0.5) is 0 Å². The maximum atomic E-state index is 5.28. The molecular weight excluding hydrogens is 882 g/mol. The van der Waals surface area contributed by atoms with Gasteiger partial charge in [-0.25, -0.2) is 9.97 Å². The first-order chi connectivity index (χ1) is 26.9. The molecule has 0 bridgehead atoms. The number of hydrogen-bond acceptors (Lipinski definition) is 3. The Morgan fingerprint density at radius 1 is 0.632 bits per heavy atom. The van der Waals surface area contributed by atoms with Gasteiger partial charge in [-0.3, -0.25) is 4.98 Å². The van der Waals surface area contributed by atoms with Crippen LogP contribution in [-0.4, -0.2) is 32.9 Å². The third kappa shape index (κ3) is 4.28. The van der Waals surface area contributed by atoms with Crippen molar-refractivity contribution in [3.63, 3.8) is 0 Å². The molecule has 0 aliphatic carbocycles. The zero-order valence-corrected chi connectivity index (χ0v) is 35.1. The minimum Gasteiger partial charge on any atom is -0.337 e. The second-order valence-corrected chi connectivity index (χ2v) is 17.7. The van der Waals surface area contributed by atoms with E-state index in [1.54, 1.807) is 0 Å². The zero-order valence-electron chi connectivity index (χ0n) is 32.8. The van der Waals surface area contributed by atoms with E-state index in [2.05, 4.69) is 182 Å². The molecular formula is C49H39N7Pt. The van der Waals surface area contributed by atoms with Crippen molar-refractivity contribution in [3.05, 3.63) is 138 Å². The van der Waals surface area contributed by atoms with Crippen molar-refractivity contribution >= 4 is 77.0 Å². The Morgan fingerprint density at radius 2 is 1.40 bits per heavy atom. The van der Waals surface area contributed by atoms with Gasteiger partial charge in [0.1, 0.15) is 5.82 Å². The fourth-order valence-electron chi connectivity index (χ4n) is 9.60. The van der Waals surface area contributed by atoms with E-state index in [-0.39, 0.29) is 37.3 Å².